The summed E-state index contributed by atoms with van der Waals surface area (Å²) < 4.78 is 2.88. The topological polar surface area (TPSA) is 37.6 Å². The Balaban J connectivity index is 1.50. The molecule has 3 heterocycles. The van der Waals surface area contributed by atoms with Crippen LogP contribution >= 0.6 is 15.9 Å². The van der Waals surface area contributed by atoms with Crippen LogP contribution in [0.5, 0.6) is 0 Å². The van der Waals surface area contributed by atoms with Crippen molar-refractivity contribution in [2.24, 2.45) is 5.92 Å². The molecule has 140 valence electrons. The van der Waals surface area contributed by atoms with Gasteiger partial charge in [-0.1, -0.05) is 37.3 Å². The van der Waals surface area contributed by atoms with E-state index in [2.05, 4.69) is 58.2 Å². The van der Waals surface area contributed by atoms with Gasteiger partial charge in [0, 0.05) is 23.8 Å². The molecule has 0 radical (unpaired) electrons. The Kier molecular flexibility index (Phi) is 5.30. The van der Waals surface area contributed by atoms with Crippen LogP contribution in [0.4, 0.5) is 0 Å². The second-order valence-corrected chi connectivity index (χ2v) is 8.18. The number of likely N-dealkylation sites (tertiary alicyclic amines) is 1. The zero-order valence-electron chi connectivity index (χ0n) is 15.6. The van der Waals surface area contributed by atoms with Crippen LogP contribution < -0.4 is 0 Å². The third-order valence-corrected chi connectivity index (χ3v) is 5.93. The number of hydrogen-bond acceptors (Lipinski definition) is 2. The molecule has 1 aliphatic heterocycles. The highest BCUT2D eigenvalue weighted by molar-refractivity contribution is 9.10. The number of halogens is 1. The molecule has 0 N–H and O–H groups in total. The Labute approximate surface area is 168 Å². The molecule has 0 aliphatic carbocycles. The number of piperidine rings is 1. The van der Waals surface area contributed by atoms with E-state index < -0.39 is 0 Å². The molecule has 0 spiro atoms. The molecule has 0 atom stereocenters. The first-order valence-electron chi connectivity index (χ1n) is 9.65. The lowest BCUT2D eigenvalue weighted by molar-refractivity contribution is 0.0682. The van der Waals surface area contributed by atoms with Gasteiger partial charge in [0.2, 0.25) is 0 Å². The quantitative estimate of drug-likeness (QED) is 0.604. The molecule has 27 heavy (non-hydrogen) atoms. The maximum Gasteiger partial charge on any atom is 0.272 e. The fourth-order valence-electron chi connectivity index (χ4n) is 3.98. The van der Waals surface area contributed by atoms with Gasteiger partial charge in [-0.25, -0.2) is 4.98 Å². The van der Waals surface area contributed by atoms with Crippen LogP contribution in [0.2, 0.25) is 0 Å². The van der Waals surface area contributed by atoms with Crippen LogP contribution in [0.15, 0.2) is 53.1 Å². The summed E-state index contributed by atoms with van der Waals surface area (Å²) in [5, 5.41) is 0. The molecular formula is C22H24BrN3O. The van der Waals surface area contributed by atoms with E-state index in [0.717, 1.165) is 60.3 Å². The lowest BCUT2D eigenvalue weighted by Crippen LogP contribution is -2.39. The SMILES string of the molecule is CCc1nc2ccc(Br)cn2c1C(=O)N1CCC(Cc2ccccc2)CC1. The van der Waals surface area contributed by atoms with Crippen molar-refractivity contribution in [1.29, 1.82) is 0 Å². The van der Waals surface area contributed by atoms with Gasteiger partial charge in [-0.2, -0.15) is 0 Å². The van der Waals surface area contributed by atoms with E-state index in [9.17, 15) is 4.79 Å². The van der Waals surface area contributed by atoms with Gasteiger partial charge >= 0.3 is 0 Å². The van der Waals surface area contributed by atoms with Gasteiger partial charge in [0.1, 0.15) is 11.3 Å². The average molecular weight is 426 g/mol. The second-order valence-electron chi connectivity index (χ2n) is 7.26. The maximum atomic E-state index is 13.3. The van der Waals surface area contributed by atoms with E-state index in [0.29, 0.717) is 5.92 Å². The fraction of sp³-hybridized carbons (Fsp3) is 0.364. The molecule has 0 bridgehead atoms. The zero-order chi connectivity index (χ0) is 18.8. The molecule has 3 aromatic rings. The highest BCUT2D eigenvalue weighted by atomic mass is 79.9. The standard InChI is InChI=1S/C22H24BrN3O/c1-2-19-21(26-15-18(23)8-9-20(26)24-19)22(27)25-12-10-17(11-13-25)14-16-6-4-3-5-7-16/h3-9,15,17H,2,10-14H2,1H3. The minimum atomic E-state index is 0.107. The third kappa shape index (κ3) is 3.79. The van der Waals surface area contributed by atoms with E-state index >= 15 is 0 Å². The lowest BCUT2D eigenvalue weighted by atomic mass is 9.90. The van der Waals surface area contributed by atoms with Crippen molar-refractivity contribution in [2.75, 3.05) is 13.1 Å². The van der Waals surface area contributed by atoms with Crippen molar-refractivity contribution in [1.82, 2.24) is 14.3 Å². The summed E-state index contributed by atoms with van der Waals surface area (Å²) in [5.41, 5.74) is 3.82. The fourth-order valence-corrected chi connectivity index (χ4v) is 4.31. The number of imidazole rings is 1. The molecule has 0 unspecified atom stereocenters. The van der Waals surface area contributed by atoms with Gasteiger partial charge in [-0.05, 0) is 65.2 Å². The van der Waals surface area contributed by atoms with Gasteiger partial charge in [-0.3, -0.25) is 9.20 Å². The van der Waals surface area contributed by atoms with Crippen molar-refractivity contribution in [3.8, 4) is 0 Å². The number of amides is 1. The maximum absolute atomic E-state index is 13.3. The van der Waals surface area contributed by atoms with Crippen LogP contribution in [0.3, 0.4) is 0 Å². The summed E-state index contributed by atoms with van der Waals surface area (Å²) in [6, 6.07) is 14.6. The minimum absolute atomic E-state index is 0.107. The monoisotopic (exact) mass is 425 g/mol. The smallest absolute Gasteiger partial charge is 0.272 e. The van der Waals surface area contributed by atoms with Crippen LogP contribution in [0.1, 0.15) is 41.5 Å². The Morgan fingerprint density at radius 3 is 2.59 bits per heavy atom. The number of carbonyl (C=O) groups excluding carboxylic acids is 1. The molecule has 1 saturated heterocycles. The van der Waals surface area contributed by atoms with Crippen LogP contribution in [0.25, 0.3) is 5.65 Å². The summed E-state index contributed by atoms with van der Waals surface area (Å²) in [6.07, 6.45) is 5.92. The van der Waals surface area contributed by atoms with Gasteiger partial charge in [-0.15, -0.1) is 0 Å². The van der Waals surface area contributed by atoms with Gasteiger partial charge < -0.3 is 4.90 Å². The first-order valence-corrected chi connectivity index (χ1v) is 10.4. The normalized spacial score (nSPS) is 15.4. The minimum Gasteiger partial charge on any atom is -0.337 e. The first kappa shape index (κ1) is 18.2. The largest absolute Gasteiger partial charge is 0.337 e. The summed E-state index contributed by atoms with van der Waals surface area (Å²) in [5.74, 6) is 0.758. The van der Waals surface area contributed by atoms with Gasteiger partial charge in [0.05, 0.1) is 5.69 Å². The summed E-state index contributed by atoms with van der Waals surface area (Å²) >= 11 is 3.51. The predicted octanol–water partition coefficient (Wildman–Crippen LogP) is 4.75. The average Bonchev–Trinajstić information content (AvgIpc) is 3.06. The van der Waals surface area contributed by atoms with Crippen molar-refractivity contribution in [2.45, 2.75) is 32.6 Å². The number of pyridine rings is 1. The van der Waals surface area contributed by atoms with E-state index in [1.54, 1.807) is 0 Å². The van der Waals surface area contributed by atoms with Crippen molar-refractivity contribution in [3.63, 3.8) is 0 Å². The molecule has 1 aromatic carbocycles. The Morgan fingerprint density at radius 2 is 1.89 bits per heavy atom. The highest BCUT2D eigenvalue weighted by Gasteiger charge is 2.27. The number of rotatable bonds is 4. The molecule has 1 fully saturated rings. The third-order valence-electron chi connectivity index (χ3n) is 5.46. The van der Waals surface area contributed by atoms with Crippen LogP contribution in [-0.2, 0) is 12.8 Å². The number of nitrogens with zero attached hydrogens (tertiary/aromatic N) is 3. The number of carbonyl (C=O) groups is 1. The molecule has 2 aromatic heterocycles. The number of fused-ring (bicyclic) bond motifs is 1. The van der Waals surface area contributed by atoms with Crippen molar-refractivity contribution in [3.05, 3.63) is 70.1 Å². The number of aryl methyl sites for hydroxylation is 1. The molecule has 1 amide bonds. The number of aromatic nitrogens is 2. The van der Waals surface area contributed by atoms with Crippen LogP contribution in [-0.4, -0.2) is 33.3 Å². The lowest BCUT2D eigenvalue weighted by Gasteiger charge is -2.32. The Morgan fingerprint density at radius 1 is 1.15 bits per heavy atom. The molecular weight excluding hydrogens is 402 g/mol. The number of hydrogen-bond donors (Lipinski definition) is 0. The zero-order valence-corrected chi connectivity index (χ0v) is 17.2. The van der Waals surface area contributed by atoms with Gasteiger partial charge in [0.15, 0.2) is 0 Å². The van der Waals surface area contributed by atoms with E-state index in [4.69, 9.17) is 0 Å². The summed E-state index contributed by atoms with van der Waals surface area (Å²) in [6.45, 7) is 3.70. The molecule has 1 aliphatic rings. The Bertz CT molecular complexity index is 943. The first-order chi connectivity index (χ1) is 13.2. The summed E-state index contributed by atoms with van der Waals surface area (Å²) in [7, 11) is 0. The molecule has 4 nitrogen and oxygen atoms in total. The molecule has 5 heteroatoms. The van der Waals surface area contributed by atoms with E-state index in [-0.39, 0.29) is 5.91 Å². The highest BCUT2D eigenvalue weighted by Crippen LogP contribution is 2.25. The number of benzene rings is 1. The Hall–Kier alpha value is -2.14. The van der Waals surface area contributed by atoms with Crippen LogP contribution in [0, 0.1) is 5.92 Å². The second kappa shape index (κ2) is 7.85. The van der Waals surface area contributed by atoms with Crippen molar-refractivity contribution >= 4 is 27.5 Å². The summed E-state index contributed by atoms with van der Waals surface area (Å²) in [4.78, 5) is 19.9. The van der Waals surface area contributed by atoms with E-state index in [1.165, 1.54) is 5.56 Å². The van der Waals surface area contributed by atoms with Crippen molar-refractivity contribution < 1.29 is 4.79 Å². The predicted molar refractivity (Wildman–Crippen MR) is 111 cm³/mol. The van der Waals surface area contributed by atoms with Gasteiger partial charge in [0.25, 0.3) is 5.91 Å². The van der Waals surface area contributed by atoms with E-state index in [1.807, 2.05) is 27.6 Å². The molecule has 4 rings (SSSR count). The molecule has 0 saturated carbocycles.